The van der Waals surface area contributed by atoms with Crippen LogP contribution in [0.25, 0.3) is 0 Å². The predicted molar refractivity (Wildman–Crippen MR) is 60.9 cm³/mol. The van der Waals surface area contributed by atoms with Gasteiger partial charge in [-0.25, -0.2) is 4.98 Å². The molecule has 0 saturated heterocycles. The van der Waals surface area contributed by atoms with Crippen molar-refractivity contribution in [2.24, 2.45) is 0 Å². The predicted octanol–water partition coefficient (Wildman–Crippen LogP) is 2.30. The minimum absolute atomic E-state index is 0.0285. The van der Waals surface area contributed by atoms with Gasteiger partial charge in [0.25, 0.3) is 5.88 Å². The van der Waals surface area contributed by atoms with Gasteiger partial charge in [-0.05, 0) is 11.6 Å². The van der Waals surface area contributed by atoms with E-state index in [0.717, 1.165) is 13.2 Å². The highest BCUT2D eigenvalue weighted by Crippen LogP contribution is 2.32. The number of aromatic nitrogens is 1. The smallest absolute Gasteiger partial charge is 0.503 e. The van der Waals surface area contributed by atoms with E-state index in [1.54, 1.807) is 0 Å². The van der Waals surface area contributed by atoms with Crippen LogP contribution in [0.15, 0.2) is 6.07 Å². The molecule has 19 heavy (non-hydrogen) atoms. The van der Waals surface area contributed by atoms with Gasteiger partial charge in [0.05, 0.1) is 19.2 Å². The number of aromatic hydroxyl groups is 1. The molecule has 0 fully saturated rings. The van der Waals surface area contributed by atoms with Crippen LogP contribution < -0.4 is 4.74 Å². The molecule has 5 nitrogen and oxygen atoms in total. The Balaban J connectivity index is 3.14. The van der Waals surface area contributed by atoms with E-state index in [9.17, 15) is 23.1 Å². The number of carbonyl (C=O) groups is 1. The second-order valence-corrected chi connectivity index (χ2v) is 3.91. The lowest BCUT2D eigenvalue weighted by Crippen LogP contribution is -2.19. The Bertz CT molecular complexity index is 479. The molecule has 0 aromatic carbocycles. The van der Waals surface area contributed by atoms with Crippen molar-refractivity contribution in [2.75, 3.05) is 7.11 Å². The average Bonchev–Trinajstić information content (AvgIpc) is 2.31. The normalized spacial score (nSPS) is 11.2. The first-order chi connectivity index (χ1) is 8.76. The first-order valence-electron chi connectivity index (χ1n) is 4.87. The van der Waals surface area contributed by atoms with Crippen molar-refractivity contribution in [1.29, 1.82) is 0 Å². The van der Waals surface area contributed by atoms with Crippen molar-refractivity contribution < 1.29 is 32.5 Å². The summed E-state index contributed by atoms with van der Waals surface area (Å²) in [5.41, 5.74) is 0.387. The highest BCUT2D eigenvalue weighted by molar-refractivity contribution is 9.08. The van der Waals surface area contributed by atoms with E-state index >= 15 is 0 Å². The molecule has 1 N–H and O–H groups in total. The van der Waals surface area contributed by atoms with Crippen molar-refractivity contribution in [2.45, 2.75) is 18.1 Å². The zero-order chi connectivity index (χ0) is 14.6. The SMILES string of the molecule is COC(=O)Cc1nc(OC(F)(F)F)c(O)cc1CBr. The molecular weight excluding hydrogens is 335 g/mol. The van der Waals surface area contributed by atoms with Crippen LogP contribution >= 0.6 is 15.9 Å². The summed E-state index contributed by atoms with van der Waals surface area (Å²) in [6.45, 7) is 0. The summed E-state index contributed by atoms with van der Waals surface area (Å²) in [6.07, 6.45) is -5.31. The number of hydrogen-bond donors (Lipinski definition) is 1. The maximum atomic E-state index is 12.1. The van der Waals surface area contributed by atoms with Gasteiger partial charge in [0.2, 0.25) is 0 Å². The number of alkyl halides is 4. The highest BCUT2D eigenvalue weighted by atomic mass is 79.9. The Morgan fingerprint density at radius 3 is 2.63 bits per heavy atom. The molecule has 0 amide bonds. The molecule has 1 rings (SSSR count). The zero-order valence-electron chi connectivity index (χ0n) is 9.62. The Kier molecular flexibility index (Phi) is 4.98. The third kappa shape index (κ3) is 4.58. The van der Waals surface area contributed by atoms with Gasteiger partial charge in [-0.1, -0.05) is 15.9 Å². The molecule has 0 aliphatic carbocycles. The Labute approximate surface area is 114 Å². The van der Waals surface area contributed by atoms with Gasteiger partial charge < -0.3 is 14.6 Å². The van der Waals surface area contributed by atoms with E-state index in [0.29, 0.717) is 5.56 Å². The molecule has 0 spiro atoms. The van der Waals surface area contributed by atoms with E-state index in [-0.39, 0.29) is 17.4 Å². The second kappa shape index (κ2) is 6.09. The van der Waals surface area contributed by atoms with Gasteiger partial charge in [-0.3, -0.25) is 4.79 Å². The monoisotopic (exact) mass is 343 g/mol. The third-order valence-electron chi connectivity index (χ3n) is 2.03. The summed E-state index contributed by atoms with van der Waals surface area (Å²) >= 11 is 3.07. The largest absolute Gasteiger partial charge is 0.574 e. The standard InChI is InChI=1S/C10H9BrF3NO4/c1-18-8(17)3-6-5(4-11)2-7(16)9(15-6)19-10(12,13)14/h2,16H,3-4H2,1H3. The van der Waals surface area contributed by atoms with Crippen LogP contribution in [0.1, 0.15) is 11.3 Å². The summed E-state index contributed by atoms with van der Waals surface area (Å²) in [5, 5.41) is 9.58. The quantitative estimate of drug-likeness (QED) is 0.671. The lowest BCUT2D eigenvalue weighted by atomic mass is 10.1. The van der Waals surface area contributed by atoms with Gasteiger partial charge in [0, 0.05) is 5.33 Å². The fourth-order valence-corrected chi connectivity index (χ4v) is 1.71. The minimum atomic E-state index is -4.98. The molecule has 9 heteroatoms. The number of hydrogen-bond acceptors (Lipinski definition) is 5. The summed E-state index contributed by atoms with van der Waals surface area (Å²) in [6, 6.07) is 1.04. The number of ether oxygens (including phenoxy) is 2. The molecule has 1 aromatic rings. The van der Waals surface area contributed by atoms with Crippen molar-refractivity contribution in [3.8, 4) is 11.6 Å². The number of esters is 1. The summed E-state index contributed by atoms with van der Waals surface area (Å²) in [4.78, 5) is 14.6. The van der Waals surface area contributed by atoms with Crippen molar-refractivity contribution >= 4 is 21.9 Å². The maximum absolute atomic E-state index is 12.1. The van der Waals surface area contributed by atoms with Crippen molar-refractivity contribution in [1.82, 2.24) is 4.98 Å². The third-order valence-corrected chi connectivity index (χ3v) is 2.64. The summed E-state index contributed by atoms with van der Waals surface area (Å²) in [7, 11) is 1.14. The second-order valence-electron chi connectivity index (χ2n) is 3.35. The average molecular weight is 344 g/mol. The Morgan fingerprint density at radius 2 is 2.16 bits per heavy atom. The molecule has 1 aromatic heterocycles. The lowest BCUT2D eigenvalue weighted by Gasteiger charge is -2.12. The van der Waals surface area contributed by atoms with Gasteiger partial charge >= 0.3 is 12.3 Å². The van der Waals surface area contributed by atoms with Gasteiger partial charge in [-0.15, -0.1) is 13.2 Å². The molecule has 106 valence electrons. The minimum Gasteiger partial charge on any atom is -0.503 e. The Morgan fingerprint density at radius 1 is 1.53 bits per heavy atom. The van der Waals surface area contributed by atoms with Crippen molar-refractivity contribution in [3.05, 3.63) is 17.3 Å². The molecule has 0 bridgehead atoms. The number of halogens is 4. The molecular formula is C10H9BrF3NO4. The maximum Gasteiger partial charge on any atom is 0.574 e. The first kappa shape index (κ1) is 15.5. The van der Waals surface area contributed by atoms with Crippen molar-refractivity contribution in [3.63, 3.8) is 0 Å². The van der Waals surface area contributed by atoms with Crippen LogP contribution in [0.5, 0.6) is 11.6 Å². The number of pyridine rings is 1. The van der Waals surface area contributed by atoms with E-state index in [1.807, 2.05) is 0 Å². The zero-order valence-corrected chi connectivity index (χ0v) is 11.2. The highest BCUT2D eigenvalue weighted by Gasteiger charge is 2.33. The summed E-state index contributed by atoms with van der Waals surface area (Å²) < 4.78 is 44.2. The van der Waals surface area contributed by atoms with Gasteiger partial charge in [0.1, 0.15) is 0 Å². The Hall–Kier alpha value is -1.51. The number of nitrogens with zero attached hydrogens (tertiary/aromatic N) is 1. The van der Waals surface area contributed by atoms with Crippen LogP contribution in [0.4, 0.5) is 13.2 Å². The van der Waals surface area contributed by atoms with E-state index in [1.165, 1.54) is 0 Å². The molecule has 1 heterocycles. The van der Waals surface area contributed by atoms with Crippen LogP contribution in [0, 0.1) is 0 Å². The first-order valence-corrected chi connectivity index (χ1v) is 5.99. The van der Waals surface area contributed by atoms with E-state index in [4.69, 9.17) is 0 Å². The van der Waals surface area contributed by atoms with E-state index in [2.05, 4.69) is 30.4 Å². The van der Waals surface area contributed by atoms with Crippen LogP contribution in [-0.4, -0.2) is 29.5 Å². The van der Waals surface area contributed by atoms with E-state index < -0.39 is 24.0 Å². The molecule has 0 atom stereocenters. The fraction of sp³-hybridized carbons (Fsp3) is 0.400. The number of rotatable bonds is 4. The fourth-order valence-electron chi connectivity index (χ4n) is 1.22. The number of carbonyl (C=O) groups excluding carboxylic acids is 1. The molecule has 0 saturated carbocycles. The van der Waals surface area contributed by atoms with Gasteiger partial charge in [-0.2, -0.15) is 0 Å². The molecule has 0 aliphatic heterocycles. The molecule has 0 aliphatic rings. The van der Waals surface area contributed by atoms with Gasteiger partial charge in [0.15, 0.2) is 5.75 Å². The van der Waals surface area contributed by atoms with Crippen LogP contribution in [0.2, 0.25) is 0 Å². The van der Waals surface area contributed by atoms with Crippen LogP contribution in [-0.2, 0) is 21.3 Å². The molecule has 0 radical (unpaired) electrons. The van der Waals surface area contributed by atoms with Crippen LogP contribution in [0.3, 0.4) is 0 Å². The summed E-state index contributed by atoms with van der Waals surface area (Å²) in [5.74, 6) is -2.44. The number of methoxy groups -OCH3 is 1. The topological polar surface area (TPSA) is 68.7 Å². The molecule has 0 unspecified atom stereocenters. The lowest BCUT2D eigenvalue weighted by molar-refractivity contribution is -0.276.